The Balaban J connectivity index is 3.23. The number of pyridine rings is 1. The highest BCUT2D eigenvalue weighted by Crippen LogP contribution is 2.35. The van der Waals surface area contributed by atoms with Crippen LogP contribution in [0.1, 0.15) is 17.7 Å². The van der Waals surface area contributed by atoms with E-state index in [1.165, 1.54) is 7.11 Å². The number of carboxylic acids is 1. The van der Waals surface area contributed by atoms with Gasteiger partial charge in [0, 0.05) is 11.8 Å². The molecule has 1 N–H and O–H groups in total. The molecule has 88 valence electrons. The van der Waals surface area contributed by atoms with E-state index in [1.807, 2.05) is 0 Å². The highest BCUT2D eigenvalue weighted by molar-refractivity contribution is 6.33. The van der Waals surface area contributed by atoms with Gasteiger partial charge in [-0.05, 0) is 0 Å². The molecule has 0 amide bonds. The Hall–Kier alpha value is -1.43. The van der Waals surface area contributed by atoms with Crippen molar-refractivity contribution >= 4 is 17.6 Å². The quantitative estimate of drug-likeness (QED) is 0.892. The SMILES string of the molecule is COc1c(C(F)F)ncc(CC(=O)O)c1Cl. The van der Waals surface area contributed by atoms with Crippen LogP contribution in [0.25, 0.3) is 0 Å². The first-order valence-electron chi connectivity index (χ1n) is 4.18. The zero-order valence-corrected chi connectivity index (χ0v) is 8.96. The molecule has 16 heavy (non-hydrogen) atoms. The number of methoxy groups -OCH3 is 1. The van der Waals surface area contributed by atoms with Crippen molar-refractivity contribution in [3.05, 3.63) is 22.5 Å². The smallest absolute Gasteiger partial charge is 0.307 e. The van der Waals surface area contributed by atoms with Crippen LogP contribution in [0.4, 0.5) is 8.78 Å². The van der Waals surface area contributed by atoms with Gasteiger partial charge in [-0.15, -0.1) is 0 Å². The van der Waals surface area contributed by atoms with E-state index in [0.717, 1.165) is 6.20 Å². The molecule has 1 heterocycles. The molecule has 0 spiro atoms. The van der Waals surface area contributed by atoms with Gasteiger partial charge in [0.15, 0.2) is 5.75 Å². The van der Waals surface area contributed by atoms with Gasteiger partial charge in [-0.1, -0.05) is 11.6 Å². The summed E-state index contributed by atoms with van der Waals surface area (Å²) in [6.07, 6.45) is -2.21. The number of carbonyl (C=O) groups is 1. The van der Waals surface area contributed by atoms with Gasteiger partial charge < -0.3 is 9.84 Å². The second kappa shape index (κ2) is 5.07. The highest BCUT2D eigenvalue weighted by atomic mass is 35.5. The molecule has 0 aliphatic carbocycles. The van der Waals surface area contributed by atoms with Gasteiger partial charge in [-0.2, -0.15) is 0 Å². The van der Waals surface area contributed by atoms with E-state index in [1.54, 1.807) is 0 Å². The molecule has 0 radical (unpaired) electrons. The van der Waals surface area contributed by atoms with Gasteiger partial charge >= 0.3 is 5.97 Å². The molecule has 0 atom stereocenters. The number of aromatic nitrogens is 1. The summed E-state index contributed by atoms with van der Waals surface area (Å²) in [5, 5.41) is 8.41. The minimum atomic E-state index is -2.83. The van der Waals surface area contributed by atoms with E-state index in [4.69, 9.17) is 21.4 Å². The zero-order valence-electron chi connectivity index (χ0n) is 8.21. The molecule has 0 aromatic carbocycles. The van der Waals surface area contributed by atoms with E-state index in [9.17, 15) is 13.6 Å². The second-order valence-electron chi connectivity index (χ2n) is 2.89. The van der Waals surface area contributed by atoms with Crippen LogP contribution >= 0.6 is 11.6 Å². The average Bonchev–Trinajstić information content (AvgIpc) is 2.19. The van der Waals surface area contributed by atoms with Crippen molar-refractivity contribution in [2.45, 2.75) is 12.8 Å². The van der Waals surface area contributed by atoms with Crippen molar-refractivity contribution < 1.29 is 23.4 Å². The van der Waals surface area contributed by atoms with E-state index >= 15 is 0 Å². The number of carboxylic acid groups (broad SMARTS) is 1. The first-order valence-corrected chi connectivity index (χ1v) is 4.56. The van der Waals surface area contributed by atoms with Crippen LogP contribution in [0, 0.1) is 0 Å². The third-order valence-corrected chi connectivity index (χ3v) is 2.24. The summed E-state index contributed by atoms with van der Waals surface area (Å²) < 4.78 is 29.6. The lowest BCUT2D eigenvalue weighted by atomic mass is 10.2. The Bertz CT molecular complexity index is 412. The molecule has 0 fully saturated rings. The van der Waals surface area contributed by atoms with Gasteiger partial charge in [0.2, 0.25) is 0 Å². The van der Waals surface area contributed by atoms with Crippen molar-refractivity contribution in [2.75, 3.05) is 7.11 Å². The molecule has 1 aromatic heterocycles. The number of nitrogens with zero attached hydrogens (tertiary/aromatic N) is 1. The Morgan fingerprint density at radius 3 is 2.75 bits per heavy atom. The summed E-state index contributed by atoms with van der Waals surface area (Å²) >= 11 is 5.74. The number of aliphatic carboxylic acids is 1. The summed E-state index contributed by atoms with van der Waals surface area (Å²) in [6, 6.07) is 0. The number of hydrogen-bond donors (Lipinski definition) is 1. The van der Waals surface area contributed by atoms with Crippen molar-refractivity contribution in [2.24, 2.45) is 0 Å². The highest BCUT2D eigenvalue weighted by Gasteiger charge is 2.21. The Morgan fingerprint density at radius 2 is 2.31 bits per heavy atom. The molecule has 0 aliphatic rings. The topological polar surface area (TPSA) is 59.4 Å². The number of alkyl halides is 2. The van der Waals surface area contributed by atoms with Crippen molar-refractivity contribution in [3.63, 3.8) is 0 Å². The maximum absolute atomic E-state index is 12.5. The summed E-state index contributed by atoms with van der Waals surface area (Å²) in [5.74, 6) is -1.41. The van der Waals surface area contributed by atoms with Crippen LogP contribution in [-0.4, -0.2) is 23.2 Å². The van der Waals surface area contributed by atoms with E-state index in [0.29, 0.717) is 0 Å². The molecule has 7 heteroatoms. The molecular weight excluding hydrogens is 244 g/mol. The summed E-state index contributed by atoms with van der Waals surface area (Å²) in [6.45, 7) is 0. The van der Waals surface area contributed by atoms with E-state index in [-0.39, 0.29) is 16.3 Å². The predicted octanol–water partition coefficient (Wildman–Crippen LogP) is 2.31. The monoisotopic (exact) mass is 251 g/mol. The standard InChI is InChI=1S/C9H8ClF2NO3/c1-16-8-6(10)4(2-5(14)15)3-13-7(8)9(11)12/h3,9H,2H2,1H3,(H,14,15). The van der Waals surface area contributed by atoms with Crippen LogP contribution in [0.2, 0.25) is 5.02 Å². The third-order valence-electron chi connectivity index (χ3n) is 1.83. The van der Waals surface area contributed by atoms with Gasteiger partial charge in [0.25, 0.3) is 6.43 Å². The number of rotatable bonds is 4. The summed E-state index contributed by atoms with van der Waals surface area (Å²) in [7, 11) is 1.17. The molecule has 0 saturated carbocycles. The Labute approximate surface area is 94.8 Å². The first kappa shape index (κ1) is 12.6. The Kier molecular flexibility index (Phi) is 4.00. The van der Waals surface area contributed by atoms with E-state index in [2.05, 4.69) is 4.98 Å². The summed E-state index contributed by atoms with van der Waals surface area (Å²) in [5.41, 5.74) is -0.461. The number of hydrogen-bond acceptors (Lipinski definition) is 3. The third kappa shape index (κ3) is 2.57. The molecular formula is C9H8ClF2NO3. The summed E-state index contributed by atoms with van der Waals surface area (Å²) in [4.78, 5) is 13.9. The van der Waals surface area contributed by atoms with Crippen molar-refractivity contribution in [1.82, 2.24) is 4.98 Å². The molecule has 0 aliphatic heterocycles. The molecule has 0 saturated heterocycles. The number of halogens is 3. The fourth-order valence-electron chi connectivity index (χ4n) is 1.16. The normalized spacial score (nSPS) is 10.6. The maximum Gasteiger partial charge on any atom is 0.307 e. The molecule has 1 rings (SSSR count). The van der Waals surface area contributed by atoms with Crippen LogP contribution < -0.4 is 4.74 Å². The molecule has 4 nitrogen and oxygen atoms in total. The van der Waals surface area contributed by atoms with E-state index < -0.39 is 24.5 Å². The fourth-order valence-corrected chi connectivity index (χ4v) is 1.45. The molecule has 1 aromatic rings. The molecule has 0 unspecified atom stereocenters. The van der Waals surface area contributed by atoms with Crippen LogP contribution in [0.5, 0.6) is 5.75 Å². The van der Waals surface area contributed by atoms with Crippen LogP contribution in [0.3, 0.4) is 0 Å². The second-order valence-corrected chi connectivity index (χ2v) is 3.27. The lowest BCUT2D eigenvalue weighted by Gasteiger charge is -2.11. The zero-order chi connectivity index (χ0) is 12.3. The van der Waals surface area contributed by atoms with Gasteiger partial charge in [0.1, 0.15) is 5.69 Å². The van der Waals surface area contributed by atoms with Gasteiger partial charge in [0.05, 0.1) is 18.6 Å². The lowest BCUT2D eigenvalue weighted by molar-refractivity contribution is -0.136. The first-order chi connectivity index (χ1) is 7.47. The largest absolute Gasteiger partial charge is 0.493 e. The molecule has 0 bridgehead atoms. The lowest BCUT2D eigenvalue weighted by Crippen LogP contribution is -2.05. The number of ether oxygens (including phenoxy) is 1. The van der Waals surface area contributed by atoms with Crippen LogP contribution in [0.15, 0.2) is 6.20 Å². The minimum absolute atomic E-state index is 0.135. The van der Waals surface area contributed by atoms with Crippen LogP contribution in [-0.2, 0) is 11.2 Å². The minimum Gasteiger partial charge on any atom is -0.493 e. The predicted molar refractivity (Wildman–Crippen MR) is 52.1 cm³/mol. The average molecular weight is 252 g/mol. The maximum atomic E-state index is 12.5. The van der Waals surface area contributed by atoms with Crippen molar-refractivity contribution in [3.8, 4) is 5.75 Å². The Morgan fingerprint density at radius 1 is 1.69 bits per heavy atom. The fraction of sp³-hybridized carbons (Fsp3) is 0.333. The van der Waals surface area contributed by atoms with Crippen molar-refractivity contribution in [1.29, 1.82) is 0 Å². The van der Waals surface area contributed by atoms with Gasteiger partial charge in [-0.25, -0.2) is 8.78 Å². The van der Waals surface area contributed by atoms with Gasteiger partial charge in [-0.3, -0.25) is 9.78 Å².